The zero-order valence-electron chi connectivity index (χ0n) is 9.32. The van der Waals surface area contributed by atoms with Crippen LogP contribution < -0.4 is 10.6 Å². The van der Waals surface area contributed by atoms with Crippen LogP contribution in [-0.4, -0.2) is 35.7 Å². The monoisotopic (exact) mass is 224 g/mol. The second-order valence-corrected chi connectivity index (χ2v) is 3.86. The van der Waals surface area contributed by atoms with Gasteiger partial charge in [0.15, 0.2) is 0 Å². The van der Waals surface area contributed by atoms with Crippen molar-refractivity contribution in [1.82, 2.24) is 20.8 Å². The molecule has 6 nitrogen and oxygen atoms in total. The van der Waals surface area contributed by atoms with Crippen molar-refractivity contribution in [2.75, 3.05) is 19.6 Å². The maximum atomic E-state index is 11.4. The molecule has 0 aliphatic carbocycles. The quantitative estimate of drug-likeness (QED) is 0.771. The molecule has 0 radical (unpaired) electrons. The van der Waals surface area contributed by atoms with Gasteiger partial charge in [0, 0.05) is 13.1 Å². The standard InChI is InChI=1S/C10H16N4O2/c1-2-12-9(15)8-13-10(16-14-8)7-4-3-5-11-6-7/h7,11H,2-6H2,1H3,(H,12,15). The van der Waals surface area contributed by atoms with E-state index in [-0.39, 0.29) is 17.6 Å². The molecule has 1 aromatic rings. The van der Waals surface area contributed by atoms with Gasteiger partial charge in [0.2, 0.25) is 5.89 Å². The molecule has 2 N–H and O–H groups in total. The van der Waals surface area contributed by atoms with Gasteiger partial charge in [0.1, 0.15) is 0 Å². The zero-order valence-corrected chi connectivity index (χ0v) is 9.32. The number of carbonyl (C=O) groups excluding carboxylic acids is 1. The Kier molecular flexibility index (Phi) is 3.51. The van der Waals surface area contributed by atoms with Gasteiger partial charge in [-0.05, 0) is 26.3 Å². The number of amides is 1. The van der Waals surface area contributed by atoms with Crippen LogP contribution in [-0.2, 0) is 0 Å². The molecular weight excluding hydrogens is 208 g/mol. The van der Waals surface area contributed by atoms with E-state index in [0.717, 1.165) is 25.9 Å². The molecule has 1 aliphatic rings. The number of nitrogens with one attached hydrogen (secondary N) is 2. The normalized spacial score (nSPS) is 20.7. The first-order chi connectivity index (χ1) is 7.81. The Bertz CT molecular complexity index is 357. The summed E-state index contributed by atoms with van der Waals surface area (Å²) in [5.41, 5.74) is 0. The second kappa shape index (κ2) is 5.07. The number of hydrogen-bond acceptors (Lipinski definition) is 5. The number of nitrogens with zero attached hydrogens (tertiary/aromatic N) is 2. The van der Waals surface area contributed by atoms with Gasteiger partial charge >= 0.3 is 0 Å². The van der Waals surface area contributed by atoms with Crippen molar-refractivity contribution < 1.29 is 9.32 Å². The Morgan fingerprint density at radius 3 is 3.25 bits per heavy atom. The molecule has 2 heterocycles. The molecule has 0 aromatic carbocycles. The van der Waals surface area contributed by atoms with E-state index in [1.807, 2.05) is 6.92 Å². The molecule has 0 saturated carbocycles. The molecule has 1 atom stereocenters. The average Bonchev–Trinajstić information content (AvgIpc) is 2.80. The van der Waals surface area contributed by atoms with Crippen LogP contribution in [0, 0.1) is 0 Å². The SMILES string of the molecule is CCNC(=O)c1noc(C2CCCNC2)n1. The van der Waals surface area contributed by atoms with Gasteiger partial charge < -0.3 is 15.2 Å². The molecule has 0 spiro atoms. The molecular formula is C10H16N4O2. The molecule has 2 rings (SSSR count). The van der Waals surface area contributed by atoms with Crippen LogP contribution in [0.2, 0.25) is 0 Å². The highest BCUT2D eigenvalue weighted by molar-refractivity contribution is 5.90. The average molecular weight is 224 g/mol. The van der Waals surface area contributed by atoms with Crippen molar-refractivity contribution in [1.29, 1.82) is 0 Å². The first kappa shape index (κ1) is 11.1. The fourth-order valence-corrected chi connectivity index (χ4v) is 1.80. The van der Waals surface area contributed by atoms with Gasteiger partial charge in [-0.25, -0.2) is 0 Å². The number of hydrogen-bond donors (Lipinski definition) is 2. The van der Waals surface area contributed by atoms with Crippen LogP contribution in [0.3, 0.4) is 0 Å². The summed E-state index contributed by atoms with van der Waals surface area (Å²) in [4.78, 5) is 15.6. The van der Waals surface area contributed by atoms with Gasteiger partial charge in [-0.3, -0.25) is 4.79 Å². The Morgan fingerprint density at radius 1 is 1.69 bits per heavy atom. The Hall–Kier alpha value is -1.43. The fraction of sp³-hybridized carbons (Fsp3) is 0.700. The molecule has 0 bridgehead atoms. The number of piperidine rings is 1. The van der Waals surface area contributed by atoms with E-state index in [0.29, 0.717) is 12.4 Å². The molecule has 1 aromatic heterocycles. The van der Waals surface area contributed by atoms with Crippen molar-refractivity contribution in [2.24, 2.45) is 0 Å². The number of aromatic nitrogens is 2. The van der Waals surface area contributed by atoms with E-state index >= 15 is 0 Å². The van der Waals surface area contributed by atoms with Crippen LogP contribution in [0.1, 0.15) is 42.2 Å². The summed E-state index contributed by atoms with van der Waals surface area (Å²) in [5.74, 6) is 0.654. The Morgan fingerprint density at radius 2 is 2.56 bits per heavy atom. The van der Waals surface area contributed by atoms with E-state index in [9.17, 15) is 4.79 Å². The van der Waals surface area contributed by atoms with E-state index in [1.54, 1.807) is 0 Å². The zero-order chi connectivity index (χ0) is 11.4. The Balaban J connectivity index is 2.03. The number of rotatable bonds is 3. The maximum Gasteiger partial charge on any atom is 0.292 e. The predicted octanol–water partition coefficient (Wildman–Crippen LogP) is 0.286. The number of carbonyl (C=O) groups is 1. The van der Waals surface area contributed by atoms with Crippen molar-refractivity contribution in [3.05, 3.63) is 11.7 Å². The highest BCUT2D eigenvalue weighted by Gasteiger charge is 2.23. The lowest BCUT2D eigenvalue weighted by Crippen LogP contribution is -2.28. The molecule has 16 heavy (non-hydrogen) atoms. The molecule has 1 aliphatic heterocycles. The molecule has 1 amide bonds. The van der Waals surface area contributed by atoms with Crippen LogP contribution in [0.15, 0.2) is 4.52 Å². The Labute approximate surface area is 93.8 Å². The van der Waals surface area contributed by atoms with Gasteiger partial charge in [-0.15, -0.1) is 0 Å². The first-order valence-electron chi connectivity index (χ1n) is 5.63. The maximum absolute atomic E-state index is 11.4. The fourth-order valence-electron chi connectivity index (χ4n) is 1.80. The summed E-state index contributed by atoms with van der Waals surface area (Å²) in [7, 11) is 0. The predicted molar refractivity (Wildman–Crippen MR) is 57.1 cm³/mol. The minimum Gasteiger partial charge on any atom is -0.349 e. The third kappa shape index (κ3) is 2.38. The lowest BCUT2D eigenvalue weighted by molar-refractivity contribution is 0.0942. The molecule has 1 unspecified atom stereocenters. The molecule has 1 fully saturated rings. The van der Waals surface area contributed by atoms with Crippen LogP contribution in [0.4, 0.5) is 0 Å². The molecule has 88 valence electrons. The third-order valence-corrected chi connectivity index (χ3v) is 2.63. The van der Waals surface area contributed by atoms with Gasteiger partial charge in [0.25, 0.3) is 11.7 Å². The van der Waals surface area contributed by atoms with E-state index in [1.165, 1.54) is 0 Å². The van der Waals surface area contributed by atoms with E-state index < -0.39 is 0 Å². The minimum absolute atomic E-state index is 0.127. The van der Waals surface area contributed by atoms with Crippen LogP contribution >= 0.6 is 0 Å². The van der Waals surface area contributed by atoms with E-state index in [4.69, 9.17) is 4.52 Å². The van der Waals surface area contributed by atoms with Crippen LogP contribution in [0.5, 0.6) is 0 Å². The van der Waals surface area contributed by atoms with Crippen molar-refractivity contribution in [2.45, 2.75) is 25.7 Å². The first-order valence-corrected chi connectivity index (χ1v) is 5.63. The summed E-state index contributed by atoms with van der Waals surface area (Å²) in [6.07, 6.45) is 2.13. The lowest BCUT2D eigenvalue weighted by atomic mass is 10.00. The largest absolute Gasteiger partial charge is 0.349 e. The van der Waals surface area contributed by atoms with E-state index in [2.05, 4.69) is 20.8 Å². The summed E-state index contributed by atoms with van der Waals surface area (Å²) in [5, 5.41) is 9.59. The van der Waals surface area contributed by atoms with Crippen LogP contribution in [0.25, 0.3) is 0 Å². The van der Waals surface area contributed by atoms with Gasteiger partial charge in [0.05, 0.1) is 5.92 Å². The van der Waals surface area contributed by atoms with Gasteiger partial charge in [-0.2, -0.15) is 4.98 Å². The van der Waals surface area contributed by atoms with Crippen molar-refractivity contribution in [3.63, 3.8) is 0 Å². The topological polar surface area (TPSA) is 80.0 Å². The smallest absolute Gasteiger partial charge is 0.292 e. The summed E-state index contributed by atoms with van der Waals surface area (Å²) in [6, 6.07) is 0. The molecule has 6 heteroatoms. The highest BCUT2D eigenvalue weighted by Crippen LogP contribution is 2.21. The van der Waals surface area contributed by atoms with Gasteiger partial charge in [-0.1, -0.05) is 5.16 Å². The minimum atomic E-state index is -0.277. The summed E-state index contributed by atoms with van der Waals surface area (Å²) >= 11 is 0. The second-order valence-electron chi connectivity index (χ2n) is 3.86. The third-order valence-electron chi connectivity index (χ3n) is 2.63. The van der Waals surface area contributed by atoms with Crippen molar-refractivity contribution in [3.8, 4) is 0 Å². The summed E-state index contributed by atoms with van der Waals surface area (Å²) < 4.78 is 5.11. The lowest BCUT2D eigenvalue weighted by Gasteiger charge is -2.18. The summed E-state index contributed by atoms with van der Waals surface area (Å²) in [6.45, 7) is 4.29. The highest BCUT2D eigenvalue weighted by atomic mass is 16.5. The molecule has 1 saturated heterocycles. The van der Waals surface area contributed by atoms with Crippen molar-refractivity contribution >= 4 is 5.91 Å².